The lowest BCUT2D eigenvalue weighted by atomic mass is 10.1. The van der Waals surface area contributed by atoms with E-state index in [0.29, 0.717) is 22.5 Å². The highest BCUT2D eigenvalue weighted by molar-refractivity contribution is 6.06. The van der Waals surface area contributed by atoms with E-state index in [2.05, 4.69) is 16.5 Å². The number of hydrogen-bond donors (Lipinski definition) is 1. The first kappa shape index (κ1) is 15.5. The monoisotopic (exact) mass is 316 g/mol. The number of rotatable bonds is 3. The molecule has 0 bridgehead atoms. The predicted molar refractivity (Wildman–Crippen MR) is 92.1 cm³/mol. The third-order valence-corrected chi connectivity index (χ3v) is 3.79. The molecule has 0 fully saturated rings. The second-order valence-electron chi connectivity index (χ2n) is 5.44. The van der Waals surface area contributed by atoms with Crippen LogP contribution in [-0.4, -0.2) is 15.7 Å². The molecular formula is C19H16N4O. The first-order valence-electron chi connectivity index (χ1n) is 7.53. The molecule has 0 aliphatic heterocycles. The maximum absolute atomic E-state index is 12.6. The van der Waals surface area contributed by atoms with Crippen LogP contribution >= 0.6 is 0 Å². The molecule has 0 radical (unpaired) electrons. The van der Waals surface area contributed by atoms with Gasteiger partial charge in [-0.2, -0.15) is 10.4 Å². The maximum atomic E-state index is 12.6. The normalized spacial score (nSPS) is 10.2. The SMILES string of the molecule is Cc1nn(-c2ccccc2)c(C)c1C(=O)Nc1ccc(C#N)cc1. The van der Waals surface area contributed by atoms with Crippen molar-refractivity contribution in [3.8, 4) is 11.8 Å². The fraction of sp³-hybridized carbons (Fsp3) is 0.105. The Labute approximate surface area is 140 Å². The smallest absolute Gasteiger partial charge is 0.259 e. The molecule has 2 aromatic carbocycles. The maximum Gasteiger partial charge on any atom is 0.259 e. The first-order valence-corrected chi connectivity index (χ1v) is 7.53. The highest BCUT2D eigenvalue weighted by atomic mass is 16.1. The van der Waals surface area contributed by atoms with Crippen LogP contribution in [-0.2, 0) is 0 Å². The van der Waals surface area contributed by atoms with E-state index in [-0.39, 0.29) is 5.91 Å². The van der Waals surface area contributed by atoms with Crippen molar-refractivity contribution < 1.29 is 4.79 Å². The Kier molecular flexibility index (Phi) is 4.13. The van der Waals surface area contributed by atoms with Gasteiger partial charge in [-0.25, -0.2) is 4.68 Å². The molecule has 1 aromatic heterocycles. The summed E-state index contributed by atoms with van der Waals surface area (Å²) in [7, 11) is 0. The van der Waals surface area contributed by atoms with Crippen LogP contribution in [0.3, 0.4) is 0 Å². The molecule has 0 aliphatic rings. The third-order valence-electron chi connectivity index (χ3n) is 3.79. The lowest BCUT2D eigenvalue weighted by Crippen LogP contribution is -2.14. The van der Waals surface area contributed by atoms with Crippen LogP contribution in [0, 0.1) is 25.2 Å². The zero-order valence-corrected chi connectivity index (χ0v) is 13.4. The highest BCUT2D eigenvalue weighted by Crippen LogP contribution is 2.19. The molecular weight excluding hydrogens is 300 g/mol. The van der Waals surface area contributed by atoms with Gasteiger partial charge < -0.3 is 5.32 Å². The molecule has 1 amide bonds. The van der Waals surface area contributed by atoms with Crippen LogP contribution in [0.25, 0.3) is 5.69 Å². The van der Waals surface area contributed by atoms with Gasteiger partial charge in [-0.1, -0.05) is 18.2 Å². The van der Waals surface area contributed by atoms with Gasteiger partial charge >= 0.3 is 0 Å². The largest absolute Gasteiger partial charge is 0.322 e. The molecule has 118 valence electrons. The molecule has 3 rings (SSSR count). The summed E-state index contributed by atoms with van der Waals surface area (Å²) >= 11 is 0. The van der Waals surface area contributed by atoms with Crippen LogP contribution in [0.15, 0.2) is 54.6 Å². The zero-order valence-electron chi connectivity index (χ0n) is 13.4. The molecule has 0 aliphatic carbocycles. The number of anilines is 1. The molecule has 24 heavy (non-hydrogen) atoms. The third kappa shape index (κ3) is 2.90. The number of nitriles is 1. The van der Waals surface area contributed by atoms with Crippen molar-refractivity contribution in [2.24, 2.45) is 0 Å². The van der Waals surface area contributed by atoms with Gasteiger partial charge in [0, 0.05) is 5.69 Å². The van der Waals surface area contributed by atoms with Crippen LogP contribution in [0.1, 0.15) is 27.3 Å². The Morgan fingerprint density at radius 3 is 2.38 bits per heavy atom. The Balaban J connectivity index is 1.90. The standard InChI is InChI=1S/C19H16N4O/c1-13-18(14(2)23(22-13)17-6-4-3-5-7-17)19(24)21-16-10-8-15(12-20)9-11-16/h3-11H,1-2H3,(H,21,24). The molecule has 0 unspecified atom stereocenters. The van der Waals surface area contributed by atoms with Crippen molar-refractivity contribution in [1.29, 1.82) is 5.26 Å². The number of nitrogens with one attached hydrogen (secondary N) is 1. The molecule has 0 spiro atoms. The second-order valence-corrected chi connectivity index (χ2v) is 5.44. The minimum atomic E-state index is -0.211. The van der Waals surface area contributed by atoms with E-state index < -0.39 is 0 Å². The van der Waals surface area contributed by atoms with Crippen molar-refractivity contribution in [2.75, 3.05) is 5.32 Å². The van der Waals surface area contributed by atoms with Gasteiger partial charge in [-0.3, -0.25) is 4.79 Å². The average molecular weight is 316 g/mol. The molecule has 5 nitrogen and oxygen atoms in total. The van der Waals surface area contributed by atoms with Crippen molar-refractivity contribution >= 4 is 11.6 Å². The number of aryl methyl sites for hydroxylation is 1. The van der Waals surface area contributed by atoms with Crippen molar-refractivity contribution in [1.82, 2.24) is 9.78 Å². The molecule has 0 atom stereocenters. The number of hydrogen-bond acceptors (Lipinski definition) is 3. The summed E-state index contributed by atoms with van der Waals surface area (Å²) in [4.78, 5) is 12.6. The van der Waals surface area contributed by atoms with Crippen molar-refractivity contribution in [3.63, 3.8) is 0 Å². The quantitative estimate of drug-likeness (QED) is 0.802. The van der Waals surface area contributed by atoms with Crippen LogP contribution < -0.4 is 5.32 Å². The number of para-hydroxylation sites is 1. The number of aromatic nitrogens is 2. The number of amides is 1. The van der Waals surface area contributed by atoms with Crippen LogP contribution in [0.2, 0.25) is 0 Å². The van der Waals surface area contributed by atoms with E-state index >= 15 is 0 Å². The van der Waals surface area contributed by atoms with Crippen molar-refractivity contribution in [2.45, 2.75) is 13.8 Å². The predicted octanol–water partition coefficient (Wildman–Crippen LogP) is 3.61. The van der Waals surface area contributed by atoms with Gasteiger partial charge in [0.05, 0.1) is 34.3 Å². The fourth-order valence-electron chi connectivity index (χ4n) is 2.61. The van der Waals surface area contributed by atoms with Gasteiger partial charge in [0.1, 0.15) is 0 Å². The zero-order chi connectivity index (χ0) is 17.1. The van der Waals surface area contributed by atoms with Gasteiger partial charge in [0.15, 0.2) is 0 Å². The van der Waals surface area contributed by atoms with E-state index in [0.717, 1.165) is 11.4 Å². The van der Waals surface area contributed by atoms with Gasteiger partial charge in [-0.15, -0.1) is 0 Å². The molecule has 5 heteroatoms. The Bertz CT molecular complexity index is 918. The Morgan fingerprint density at radius 1 is 1.08 bits per heavy atom. The molecule has 0 saturated heterocycles. The number of carbonyl (C=O) groups is 1. The van der Waals surface area contributed by atoms with E-state index in [4.69, 9.17) is 5.26 Å². The molecule has 0 saturated carbocycles. The Morgan fingerprint density at radius 2 is 1.75 bits per heavy atom. The van der Waals surface area contributed by atoms with Gasteiger partial charge in [0.25, 0.3) is 5.91 Å². The second kappa shape index (κ2) is 6.39. The van der Waals surface area contributed by atoms with E-state index in [9.17, 15) is 4.79 Å². The van der Waals surface area contributed by atoms with Crippen LogP contribution in [0.4, 0.5) is 5.69 Å². The first-order chi connectivity index (χ1) is 11.6. The summed E-state index contributed by atoms with van der Waals surface area (Å²) < 4.78 is 1.77. The summed E-state index contributed by atoms with van der Waals surface area (Å²) in [5.74, 6) is -0.211. The van der Waals surface area contributed by atoms with E-state index in [1.165, 1.54) is 0 Å². The van der Waals surface area contributed by atoms with E-state index in [1.54, 1.807) is 28.9 Å². The summed E-state index contributed by atoms with van der Waals surface area (Å²) in [6.07, 6.45) is 0. The summed E-state index contributed by atoms with van der Waals surface area (Å²) in [5.41, 5.74) is 4.12. The topological polar surface area (TPSA) is 70.7 Å². The van der Waals surface area contributed by atoms with Gasteiger partial charge in [-0.05, 0) is 50.2 Å². The van der Waals surface area contributed by atoms with Gasteiger partial charge in [0.2, 0.25) is 0 Å². The summed E-state index contributed by atoms with van der Waals surface area (Å²) in [6.45, 7) is 3.70. The van der Waals surface area contributed by atoms with E-state index in [1.807, 2.05) is 44.2 Å². The molecule has 1 heterocycles. The fourth-order valence-corrected chi connectivity index (χ4v) is 2.61. The molecule has 3 aromatic rings. The summed E-state index contributed by atoms with van der Waals surface area (Å²) in [5, 5.41) is 16.2. The minimum Gasteiger partial charge on any atom is -0.322 e. The minimum absolute atomic E-state index is 0.211. The number of nitrogens with zero attached hydrogens (tertiary/aromatic N) is 3. The number of benzene rings is 2. The summed E-state index contributed by atoms with van der Waals surface area (Å²) in [6, 6.07) is 18.5. The Hall–Kier alpha value is -3.39. The average Bonchev–Trinajstić information content (AvgIpc) is 2.91. The highest BCUT2D eigenvalue weighted by Gasteiger charge is 2.19. The lowest BCUT2D eigenvalue weighted by Gasteiger charge is -2.07. The number of carbonyl (C=O) groups excluding carboxylic acids is 1. The lowest BCUT2D eigenvalue weighted by molar-refractivity contribution is 0.102. The van der Waals surface area contributed by atoms with Crippen LogP contribution in [0.5, 0.6) is 0 Å². The molecule has 1 N–H and O–H groups in total. The van der Waals surface area contributed by atoms with Crippen molar-refractivity contribution in [3.05, 3.63) is 77.1 Å².